The summed E-state index contributed by atoms with van der Waals surface area (Å²) in [7, 11) is 0. The van der Waals surface area contributed by atoms with E-state index in [9.17, 15) is 4.79 Å². The van der Waals surface area contributed by atoms with Crippen molar-refractivity contribution >= 4 is 28.8 Å². The minimum atomic E-state index is 0.121. The van der Waals surface area contributed by atoms with Crippen molar-refractivity contribution in [2.45, 2.75) is 32.6 Å². The van der Waals surface area contributed by atoms with E-state index in [1.165, 1.54) is 0 Å². The van der Waals surface area contributed by atoms with Gasteiger partial charge in [0.15, 0.2) is 0 Å². The lowest BCUT2D eigenvalue weighted by Crippen LogP contribution is -2.10. The molecule has 0 spiro atoms. The summed E-state index contributed by atoms with van der Waals surface area (Å²) in [5.74, 6) is 0.121. The van der Waals surface area contributed by atoms with Crippen molar-refractivity contribution in [3.8, 4) is 0 Å². The predicted octanol–water partition coefficient (Wildman–Crippen LogP) is 2.59. The monoisotopic (exact) mass is 267 g/mol. The topological polar surface area (TPSA) is 29.1 Å². The summed E-state index contributed by atoms with van der Waals surface area (Å²) in [4.78, 5) is 10.7. The molecule has 0 heterocycles. The Morgan fingerprint density at radius 2 is 2.27 bits per heavy atom. The first-order valence-corrected chi connectivity index (χ1v) is 4.93. The average molecular weight is 267 g/mol. The molecule has 0 aromatic heterocycles. The van der Waals surface area contributed by atoms with Crippen molar-refractivity contribution in [2.75, 3.05) is 0 Å². The lowest BCUT2D eigenvalue weighted by molar-refractivity contribution is -0.118. The van der Waals surface area contributed by atoms with Gasteiger partial charge in [-0.05, 0) is 19.3 Å². The fourth-order valence-electron chi connectivity index (χ4n) is 0.712. The van der Waals surface area contributed by atoms with Gasteiger partial charge in [0.05, 0.1) is 22.9 Å². The molecule has 0 rings (SSSR count). The van der Waals surface area contributed by atoms with Gasteiger partial charge in [-0.3, -0.25) is 8.32 Å². The third kappa shape index (κ3) is 7.84. The second-order valence-corrected chi connectivity index (χ2v) is 2.83. The summed E-state index contributed by atoms with van der Waals surface area (Å²) in [5.41, 5.74) is 0. The highest BCUT2D eigenvalue weighted by Crippen LogP contribution is 1.97. The van der Waals surface area contributed by atoms with Gasteiger partial charge in [0.1, 0.15) is 0 Å². The molecule has 0 fully saturated rings. The van der Waals surface area contributed by atoms with E-state index in [0.717, 1.165) is 19.3 Å². The Balaban J connectivity index is 3.14. The third-order valence-corrected chi connectivity index (χ3v) is 1.88. The SMILES string of the molecule is CC/C=C\CCCC(=O)NI. The van der Waals surface area contributed by atoms with Crippen LogP contribution in [0.1, 0.15) is 32.6 Å². The number of carbonyl (C=O) groups is 1. The van der Waals surface area contributed by atoms with Gasteiger partial charge in [-0.1, -0.05) is 19.1 Å². The molecule has 64 valence electrons. The molecular formula is C8H14INO. The quantitative estimate of drug-likeness (QED) is 0.353. The van der Waals surface area contributed by atoms with Gasteiger partial charge < -0.3 is 0 Å². The summed E-state index contributed by atoms with van der Waals surface area (Å²) in [5, 5.41) is 0. The summed E-state index contributed by atoms with van der Waals surface area (Å²) < 4.78 is 2.56. The number of allylic oxidation sites excluding steroid dienone is 2. The molecule has 0 aliphatic heterocycles. The summed E-state index contributed by atoms with van der Waals surface area (Å²) in [6.07, 6.45) is 7.93. The van der Waals surface area contributed by atoms with Gasteiger partial charge in [0, 0.05) is 6.42 Å². The number of hydrogen-bond acceptors (Lipinski definition) is 1. The largest absolute Gasteiger partial charge is 0.299 e. The Bertz CT molecular complexity index is 134. The Morgan fingerprint density at radius 1 is 1.55 bits per heavy atom. The van der Waals surface area contributed by atoms with Crippen LogP contribution in [0.2, 0.25) is 0 Å². The van der Waals surface area contributed by atoms with E-state index in [-0.39, 0.29) is 5.91 Å². The Labute approximate surface area is 81.9 Å². The van der Waals surface area contributed by atoms with Crippen LogP contribution in [0.5, 0.6) is 0 Å². The van der Waals surface area contributed by atoms with Crippen molar-refractivity contribution in [3.05, 3.63) is 12.2 Å². The standard InChI is InChI=1S/C8H14INO/c1-2-3-4-5-6-7-8(11)10-9/h3-4H,2,5-7H2,1H3,(H,10,11)/b4-3-. The van der Waals surface area contributed by atoms with Crippen molar-refractivity contribution in [3.63, 3.8) is 0 Å². The van der Waals surface area contributed by atoms with Crippen molar-refractivity contribution in [1.29, 1.82) is 0 Å². The molecule has 0 atom stereocenters. The lowest BCUT2D eigenvalue weighted by Gasteiger charge is -1.94. The number of rotatable bonds is 5. The van der Waals surface area contributed by atoms with Crippen LogP contribution < -0.4 is 3.53 Å². The van der Waals surface area contributed by atoms with E-state index in [1.807, 2.05) is 22.9 Å². The van der Waals surface area contributed by atoms with Gasteiger partial charge >= 0.3 is 0 Å². The summed E-state index contributed by atoms with van der Waals surface area (Å²) in [6.45, 7) is 2.11. The molecule has 0 aliphatic rings. The fraction of sp³-hybridized carbons (Fsp3) is 0.625. The molecule has 0 aromatic carbocycles. The number of amides is 1. The number of unbranched alkanes of at least 4 members (excludes halogenated alkanes) is 1. The molecule has 0 saturated carbocycles. The van der Waals surface area contributed by atoms with Crippen LogP contribution in [-0.2, 0) is 4.79 Å². The molecular weight excluding hydrogens is 253 g/mol. The highest BCUT2D eigenvalue weighted by molar-refractivity contribution is 14.1. The average Bonchev–Trinajstić information content (AvgIpc) is 2.04. The normalized spacial score (nSPS) is 10.4. The zero-order valence-corrected chi connectivity index (χ0v) is 8.93. The van der Waals surface area contributed by atoms with Gasteiger partial charge in [-0.2, -0.15) is 0 Å². The molecule has 0 aliphatic carbocycles. The minimum absolute atomic E-state index is 0.121. The molecule has 2 nitrogen and oxygen atoms in total. The van der Waals surface area contributed by atoms with Crippen LogP contribution >= 0.6 is 22.9 Å². The molecule has 0 saturated heterocycles. The number of halogens is 1. The fourth-order valence-corrected chi connectivity index (χ4v) is 0.982. The molecule has 0 radical (unpaired) electrons. The van der Waals surface area contributed by atoms with E-state index in [1.54, 1.807) is 0 Å². The minimum Gasteiger partial charge on any atom is -0.299 e. The molecule has 0 bridgehead atoms. The second kappa shape index (κ2) is 8.04. The first-order chi connectivity index (χ1) is 5.31. The van der Waals surface area contributed by atoms with Crippen molar-refractivity contribution in [1.82, 2.24) is 3.53 Å². The van der Waals surface area contributed by atoms with Crippen LogP contribution in [0.3, 0.4) is 0 Å². The first-order valence-electron chi connectivity index (χ1n) is 3.85. The van der Waals surface area contributed by atoms with Crippen LogP contribution in [0, 0.1) is 0 Å². The van der Waals surface area contributed by atoms with E-state index >= 15 is 0 Å². The Hall–Kier alpha value is -0.0600. The van der Waals surface area contributed by atoms with Crippen LogP contribution in [0.25, 0.3) is 0 Å². The summed E-state index contributed by atoms with van der Waals surface area (Å²) >= 11 is 1.86. The Morgan fingerprint density at radius 3 is 2.82 bits per heavy atom. The second-order valence-electron chi connectivity index (χ2n) is 2.29. The van der Waals surface area contributed by atoms with E-state index in [4.69, 9.17) is 0 Å². The van der Waals surface area contributed by atoms with Crippen LogP contribution in [0.15, 0.2) is 12.2 Å². The highest BCUT2D eigenvalue weighted by atomic mass is 127. The van der Waals surface area contributed by atoms with Gasteiger partial charge in [0.25, 0.3) is 0 Å². The number of carbonyl (C=O) groups excluding carboxylic acids is 1. The van der Waals surface area contributed by atoms with Crippen LogP contribution in [0.4, 0.5) is 0 Å². The van der Waals surface area contributed by atoms with Gasteiger partial charge in [0.2, 0.25) is 5.91 Å². The molecule has 0 unspecified atom stereocenters. The Kier molecular flexibility index (Phi) is 8.00. The van der Waals surface area contributed by atoms with E-state index < -0.39 is 0 Å². The zero-order valence-electron chi connectivity index (χ0n) is 6.77. The number of hydrogen-bond donors (Lipinski definition) is 1. The zero-order chi connectivity index (χ0) is 8.53. The van der Waals surface area contributed by atoms with Gasteiger partial charge in [-0.15, -0.1) is 0 Å². The first kappa shape index (κ1) is 10.9. The maximum Gasteiger partial charge on any atom is 0.228 e. The van der Waals surface area contributed by atoms with Crippen molar-refractivity contribution < 1.29 is 4.79 Å². The lowest BCUT2D eigenvalue weighted by atomic mass is 10.2. The summed E-state index contributed by atoms with van der Waals surface area (Å²) in [6, 6.07) is 0. The molecule has 1 N–H and O–H groups in total. The molecule has 11 heavy (non-hydrogen) atoms. The molecule has 0 aromatic rings. The van der Waals surface area contributed by atoms with Gasteiger partial charge in [-0.25, -0.2) is 0 Å². The van der Waals surface area contributed by atoms with E-state index in [2.05, 4.69) is 22.6 Å². The molecule has 1 amide bonds. The van der Waals surface area contributed by atoms with Crippen molar-refractivity contribution in [2.24, 2.45) is 0 Å². The maximum atomic E-state index is 10.7. The highest BCUT2D eigenvalue weighted by Gasteiger charge is 1.94. The smallest absolute Gasteiger partial charge is 0.228 e. The van der Waals surface area contributed by atoms with E-state index in [0.29, 0.717) is 6.42 Å². The molecule has 3 heteroatoms. The number of nitrogens with one attached hydrogen (secondary N) is 1. The maximum absolute atomic E-state index is 10.7. The predicted molar refractivity (Wildman–Crippen MR) is 55.4 cm³/mol. The van der Waals surface area contributed by atoms with Crippen LogP contribution in [-0.4, -0.2) is 5.91 Å². The third-order valence-electron chi connectivity index (χ3n) is 1.28.